The van der Waals surface area contributed by atoms with Crippen molar-refractivity contribution in [2.45, 2.75) is 12.8 Å². The molecular formula is C18H16O5. The standard InChI is InChI=1S/C18H16O5/c1-20-11-5-6-12-14(9-11)23-17-15(12)13(18(19)21-2)8-10-4-3-7-22-16(10)17/h5-6,8-9H,3-4,7H2,1-2H3. The Bertz CT molecular complexity index is 922. The van der Waals surface area contributed by atoms with Gasteiger partial charge in [0, 0.05) is 16.8 Å². The molecule has 0 unspecified atom stereocenters. The van der Waals surface area contributed by atoms with Crippen molar-refractivity contribution >= 4 is 27.9 Å². The maximum absolute atomic E-state index is 12.2. The van der Waals surface area contributed by atoms with Crippen molar-refractivity contribution < 1.29 is 23.4 Å². The molecule has 4 rings (SSSR count). The van der Waals surface area contributed by atoms with Crippen LogP contribution in [0.1, 0.15) is 22.3 Å². The third-order valence-corrected chi connectivity index (χ3v) is 4.23. The minimum atomic E-state index is -0.373. The Balaban J connectivity index is 2.12. The Morgan fingerprint density at radius 3 is 2.87 bits per heavy atom. The molecule has 3 aromatic rings. The lowest BCUT2D eigenvalue weighted by atomic mass is 9.98. The molecule has 0 N–H and O–H groups in total. The molecule has 0 saturated carbocycles. The second kappa shape index (κ2) is 5.19. The quantitative estimate of drug-likeness (QED) is 0.675. The first kappa shape index (κ1) is 13.9. The Morgan fingerprint density at radius 1 is 1.22 bits per heavy atom. The van der Waals surface area contributed by atoms with E-state index in [0.717, 1.165) is 34.9 Å². The molecule has 5 heteroatoms. The SMILES string of the molecule is COC(=O)c1cc2c(c3oc4cc(OC)ccc4c13)OCCC2. The van der Waals surface area contributed by atoms with Gasteiger partial charge in [-0.15, -0.1) is 0 Å². The maximum atomic E-state index is 12.2. The second-order valence-electron chi connectivity index (χ2n) is 5.52. The average Bonchev–Trinajstić information content (AvgIpc) is 2.99. The molecule has 0 bridgehead atoms. The number of rotatable bonds is 2. The van der Waals surface area contributed by atoms with Crippen LogP contribution in [0, 0.1) is 0 Å². The third kappa shape index (κ3) is 2.04. The van der Waals surface area contributed by atoms with Crippen LogP contribution < -0.4 is 9.47 Å². The van der Waals surface area contributed by atoms with E-state index in [1.54, 1.807) is 7.11 Å². The molecular weight excluding hydrogens is 296 g/mol. The average molecular weight is 312 g/mol. The Labute approximate surface area is 132 Å². The number of carbonyl (C=O) groups excluding carboxylic acids is 1. The molecule has 2 aromatic carbocycles. The number of furan rings is 1. The summed E-state index contributed by atoms with van der Waals surface area (Å²) in [6.07, 6.45) is 1.78. The fourth-order valence-corrected chi connectivity index (χ4v) is 3.14. The topological polar surface area (TPSA) is 57.9 Å². The number of carbonyl (C=O) groups is 1. The van der Waals surface area contributed by atoms with Crippen LogP contribution in [0.2, 0.25) is 0 Å². The van der Waals surface area contributed by atoms with Gasteiger partial charge in [-0.05, 0) is 36.6 Å². The van der Waals surface area contributed by atoms with Crippen molar-refractivity contribution in [1.82, 2.24) is 0 Å². The first-order chi connectivity index (χ1) is 11.2. The lowest BCUT2D eigenvalue weighted by Gasteiger charge is -2.18. The number of hydrogen-bond acceptors (Lipinski definition) is 5. The van der Waals surface area contributed by atoms with Crippen molar-refractivity contribution in [1.29, 1.82) is 0 Å². The summed E-state index contributed by atoms with van der Waals surface area (Å²) in [7, 11) is 2.99. The van der Waals surface area contributed by atoms with Gasteiger partial charge in [0.15, 0.2) is 11.3 Å². The molecule has 0 aliphatic carbocycles. The summed E-state index contributed by atoms with van der Waals surface area (Å²) in [6.45, 7) is 0.653. The third-order valence-electron chi connectivity index (χ3n) is 4.23. The summed E-state index contributed by atoms with van der Waals surface area (Å²) < 4.78 is 22.0. The second-order valence-corrected chi connectivity index (χ2v) is 5.52. The van der Waals surface area contributed by atoms with Crippen LogP contribution in [-0.4, -0.2) is 26.8 Å². The molecule has 0 amide bonds. The molecule has 1 aliphatic heterocycles. The van der Waals surface area contributed by atoms with E-state index in [1.165, 1.54) is 7.11 Å². The van der Waals surface area contributed by atoms with E-state index in [-0.39, 0.29) is 5.97 Å². The zero-order valence-electron chi connectivity index (χ0n) is 13.0. The minimum Gasteiger partial charge on any atom is -0.497 e. The number of benzene rings is 2. The Kier molecular flexibility index (Phi) is 3.15. The normalized spacial score (nSPS) is 13.7. The Hall–Kier alpha value is -2.69. The van der Waals surface area contributed by atoms with Crippen LogP contribution in [0.25, 0.3) is 21.9 Å². The van der Waals surface area contributed by atoms with Crippen molar-refractivity contribution in [2.75, 3.05) is 20.8 Å². The molecule has 118 valence electrons. The molecule has 0 saturated heterocycles. The van der Waals surface area contributed by atoms with Gasteiger partial charge in [-0.3, -0.25) is 0 Å². The summed E-state index contributed by atoms with van der Waals surface area (Å²) in [5.74, 6) is 1.06. The molecule has 0 fully saturated rings. The monoisotopic (exact) mass is 312 g/mol. The summed E-state index contributed by atoms with van der Waals surface area (Å²) in [5.41, 5.74) is 2.75. The molecule has 0 spiro atoms. The zero-order chi connectivity index (χ0) is 16.0. The van der Waals surface area contributed by atoms with Gasteiger partial charge < -0.3 is 18.6 Å². The number of ether oxygens (including phenoxy) is 3. The Morgan fingerprint density at radius 2 is 2.09 bits per heavy atom. The highest BCUT2D eigenvalue weighted by Gasteiger charge is 2.25. The van der Waals surface area contributed by atoms with Crippen molar-refractivity contribution in [3.8, 4) is 11.5 Å². The highest BCUT2D eigenvalue weighted by molar-refractivity contribution is 6.17. The zero-order valence-corrected chi connectivity index (χ0v) is 13.0. The first-order valence-electron chi connectivity index (χ1n) is 7.50. The molecule has 0 atom stereocenters. The smallest absolute Gasteiger partial charge is 0.338 e. The lowest BCUT2D eigenvalue weighted by Crippen LogP contribution is -2.11. The van der Waals surface area contributed by atoms with Gasteiger partial charge >= 0.3 is 5.97 Å². The fourth-order valence-electron chi connectivity index (χ4n) is 3.14. The molecule has 1 aromatic heterocycles. The highest BCUT2D eigenvalue weighted by Crippen LogP contribution is 2.42. The summed E-state index contributed by atoms with van der Waals surface area (Å²) >= 11 is 0. The van der Waals surface area contributed by atoms with Crippen molar-refractivity contribution in [3.05, 3.63) is 35.4 Å². The van der Waals surface area contributed by atoms with Crippen LogP contribution in [0.5, 0.6) is 11.5 Å². The largest absolute Gasteiger partial charge is 0.497 e. The highest BCUT2D eigenvalue weighted by atomic mass is 16.5. The molecule has 23 heavy (non-hydrogen) atoms. The van der Waals surface area contributed by atoms with Gasteiger partial charge in [-0.2, -0.15) is 0 Å². The van der Waals surface area contributed by atoms with E-state index in [2.05, 4.69) is 0 Å². The van der Waals surface area contributed by atoms with Gasteiger partial charge in [0.1, 0.15) is 11.3 Å². The predicted molar refractivity (Wildman–Crippen MR) is 85.4 cm³/mol. The van der Waals surface area contributed by atoms with Crippen LogP contribution >= 0.6 is 0 Å². The number of aryl methyl sites for hydroxylation is 1. The van der Waals surface area contributed by atoms with Gasteiger partial charge in [-0.1, -0.05) is 0 Å². The molecule has 1 aliphatic rings. The van der Waals surface area contributed by atoms with E-state index in [1.807, 2.05) is 24.3 Å². The van der Waals surface area contributed by atoms with E-state index in [0.29, 0.717) is 29.1 Å². The summed E-state index contributed by atoms with van der Waals surface area (Å²) in [5, 5.41) is 1.58. The van der Waals surface area contributed by atoms with E-state index in [4.69, 9.17) is 18.6 Å². The predicted octanol–water partition coefficient (Wildman–Crippen LogP) is 3.71. The number of hydrogen-bond donors (Lipinski definition) is 0. The van der Waals surface area contributed by atoms with Crippen molar-refractivity contribution in [3.63, 3.8) is 0 Å². The maximum Gasteiger partial charge on any atom is 0.338 e. The molecule has 5 nitrogen and oxygen atoms in total. The minimum absolute atomic E-state index is 0.373. The first-order valence-corrected chi connectivity index (χ1v) is 7.50. The number of methoxy groups -OCH3 is 2. The van der Waals surface area contributed by atoms with E-state index in [9.17, 15) is 4.79 Å². The van der Waals surface area contributed by atoms with Crippen LogP contribution in [-0.2, 0) is 11.2 Å². The van der Waals surface area contributed by atoms with Crippen LogP contribution in [0.3, 0.4) is 0 Å². The summed E-state index contributed by atoms with van der Waals surface area (Å²) in [4.78, 5) is 12.2. The van der Waals surface area contributed by atoms with Crippen LogP contribution in [0.4, 0.5) is 0 Å². The van der Waals surface area contributed by atoms with E-state index < -0.39 is 0 Å². The van der Waals surface area contributed by atoms with Gasteiger partial charge in [0.25, 0.3) is 0 Å². The van der Waals surface area contributed by atoms with Gasteiger partial charge in [0.05, 0.1) is 26.4 Å². The number of fused-ring (bicyclic) bond motifs is 5. The van der Waals surface area contributed by atoms with Gasteiger partial charge in [0.2, 0.25) is 0 Å². The number of esters is 1. The van der Waals surface area contributed by atoms with Crippen molar-refractivity contribution in [2.24, 2.45) is 0 Å². The summed E-state index contributed by atoms with van der Waals surface area (Å²) in [6, 6.07) is 7.41. The lowest BCUT2D eigenvalue weighted by molar-refractivity contribution is 0.0603. The van der Waals surface area contributed by atoms with Crippen LogP contribution in [0.15, 0.2) is 28.7 Å². The molecule has 0 radical (unpaired) electrons. The van der Waals surface area contributed by atoms with Gasteiger partial charge in [-0.25, -0.2) is 4.79 Å². The fraction of sp³-hybridized carbons (Fsp3) is 0.278. The molecule has 2 heterocycles. The van der Waals surface area contributed by atoms with E-state index >= 15 is 0 Å².